The number of esters is 1. The fourth-order valence-electron chi connectivity index (χ4n) is 2.10. The molecule has 2 aromatic heterocycles. The molecule has 0 unspecified atom stereocenters. The van der Waals surface area contributed by atoms with E-state index in [4.69, 9.17) is 0 Å². The lowest BCUT2D eigenvalue weighted by molar-refractivity contribution is 0.0600. The lowest BCUT2D eigenvalue weighted by Crippen LogP contribution is -2.12. The molecule has 0 saturated heterocycles. The van der Waals surface area contributed by atoms with Gasteiger partial charge in [0.15, 0.2) is 5.65 Å². The SMILES string of the molecule is COC(=O)c1ccn2c(C3CCC3)nnc2c1. The molecule has 2 aromatic rings. The molecule has 17 heavy (non-hydrogen) atoms. The monoisotopic (exact) mass is 231 g/mol. The van der Waals surface area contributed by atoms with Gasteiger partial charge in [0.05, 0.1) is 12.7 Å². The highest BCUT2D eigenvalue weighted by atomic mass is 16.5. The molecule has 0 atom stereocenters. The Morgan fingerprint density at radius 3 is 2.94 bits per heavy atom. The highest BCUT2D eigenvalue weighted by Gasteiger charge is 2.24. The first-order valence-corrected chi connectivity index (χ1v) is 5.72. The van der Waals surface area contributed by atoms with Gasteiger partial charge in [-0.3, -0.25) is 4.40 Å². The van der Waals surface area contributed by atoms with Crippen LogP contribution in [0.1, 0.15) is 41.4 Å². The van der Waals surface area contributed by atoms with Crippen LogP contribution in [0.5, 0.6) is 0 Å². The average Bonchev–Trinajstić information content (AvgIpc) is 2.69. The van der Waals surface area contributed by atoms with Crippen LogP contribution >= 0.6 is 0 Å². The summed E-state index contributed by atoms with van der Waals surface area (Å²) < 4.78 is 6.63. The van der Waals surface area contributed by atoms with Gasteiger partial charge in [0.2, 0.25) is 0 Å². The molecule has 3 rings (SSSR count). The molecule has 0 N–H and O–H groups in total. The number of hydrogen-bond acceptors (Lipinski definition) is 4. The second-order valence-corrected chi connectivity index (χ2v) is 4.32. The summed E-state index contributed by atoms with van der Waals surface area (Å²) in [6.45, 7) is 0. The average molecular weight is 231 g/mol. The van der Waals surface area contributed by atoms with Crippen molar-refractivity contribution in [1.29, 1.82) is 0 Å². The van der Waals surface area contributed by atoms with Crippen LogP contribution in [0.2, 0.25) is 0 Å². The number of pyridine rings is 1. The first-order valence-electron chi connectivity index (χ1n) is 5.72. The Balaban J connectivity index is 2.04. The van der Waals surface area contributed by atoms with Gasteiger partial charge < -0.3 is 4.74 Å². The number of methoxy groups -OCH3 is 1. The molecule has 5 nitrogen and oxygen atoms in total. The second kappa shape index (κ2) is 3.84. The Hall–Kier alpha value is -1.91. The zero-order valence-electron chi connectivity index (χ0n) is 9.59. The topological polar surface area (TPSA) is 56.5 Å². The molecule has 0 aliphatic heterocycles. The van der Waals surface area contributed by atoms with E-state index in [1.54, 1.807) is 12.1 Å². The van der Waals surface area contributed by atoms with Gasteiger partial charge in [0.1, 0.15) is 5.82 Å². The summed E-state index contributed by atoms with van der Waals surface area (Å²) >= 11 is 0. The summed E-state index contributed by atoms with van der Waals surface area (Å²) in [5.41, 5.74) is 1.21. The van der Waals surface area contributed by atoms with Crippen molar-refractivity contribution in [3.63, 3.8) is 0 Å². The highest BCUT2D eigenvalue weighted by Crippen LogP contribution is 2.35. The minimum atomic E-state index is -0.347. The molecule has 5 heteroatoms. The lowest BCUT2D eigenvalue weighted by atomic mass is 9.85. The Labute approximate surface area is 98.4 Å². The number of fused-ring (bicyclic) bond motifs is 1. The lowest BCUT2D eigenvalue weighted by Gasteiger charge is -2.23. The van der Waals surface area contributed by atoms with E-state index >= 15 is 0 Å². The largest absolute Gasteiger partial charge is 0.465 e. The molecule has 0 spiro atoms. The maximum Gasteiger partial charge on any atom is 0.338 e. The Morgan fingerprint density at radius 1 is 1.47 bits per heavy atom. The summed E-state index contributed by atoms with van der Waals surface area (Å²) in [4.78, 5) is 11.4. The van der Waals surface area contributed by atoms with E-state index in [1.165, 1.54) is 26.4 Å². The van der Waals surface area contributed by atoms with Crippen molar-refractivity contribution < 1.29 is 9.53 Å². The quantitative estimate of drug-likeness (QED) is 0.739. The van der Waals surface area contributed by atoms with Gasteiger partial charge in [0, 0.05) is 12.1 Å². The number of aromatic nitrogens is 3. The van der Waals surface area contributed by atoms with E-state index in [1.807, 2.05) is 10.6 Å². The minimum absolute atomic E-state index is 0.347. The van der Waals surface area contributed by atoms with Crippen molar-refractivity contribution in [2.45, 2.75) is 25.2 Å². The molecule has 2 heterocycles. The number of rotatable bonds is 2. The van der Waals surface area contributed by atoms with Gasteiger partial charge in [-0.2, -0.15) is 0 Å². The predicted molar refractivity (Wildman–Crippen MR) is 60.9 cm³/mol. The molecule has 1 saturated carbocycles. The highest BCUT2D eigenvalue weighted by molar-refractivity contribution is 5.90. The zero-order chi connectivity index (χ0) is 11.8. The van der Waals surface area contributed by atoms with Crippen LogP contribution in [0.25, 0.3) is 5.65 Å². The number of carbonyl (C=O) groups excluding carboxylic acids is 1. The smallest absolute Gasteiger partial charge is 0.338 e. The molecule has 1 fully saturated rings. The summed E-state index contributed by atoms with van der Waals surface area (Å²) in [7, 11) is 1.37. The molecule has 0 bridgehead atoms. The number of hydrogen-bond donors (Lipinski definition) is 0. The summed E-state index contributed by atoms with van der Waals surface area (Å²) in [5, 5.41) is 8.31. The minimum Gasteiger partial charge on any atom is -0.465 e. The molecule has 1 aliphatic rings. The summed E-state index contributed by atoms with van der Waals surface area (Å²) in [6.07, 6.45) is 5.47. The maximum absolute atomic E-state index is 11.4. The zero-order valence-corrected chi connectivity index (χ0v) is 9.59. The van der Waals surface area contributed by atoms with E-state index in [9.17, 15) is 4.79 Å². The summed E-state index contributed by atoms with van der Waals surface area (Å²) in [5.74, 6) is 1.18. The van der Waals surface area contributed by atoms with Crippen molar-refractivity contribution in [1.82, 2.24) is 14.6 Å². The third-order valence-electron chi connectivity index (χ3n) is 3.33. The van der Waals surface area contributed by atoms with Crippen molar-refractivity contribution in [2.75, 3.05) is 7.11 Å². The van der Waals surface area contributed by atoms with Crippen molar-refractivity contribution in [3.8, 4) is 0 Å². The molecule has 88 valence electrons. The van der Waals surface area contributed by atoms with Gasteiger partial charge in [-0.15, -0.1) is 10.2 Å². The van der Waals surface area contributed by atoms with Crippen LogP contribution in [-0.4, -0.2) is 27.7 Å². The number of carbonyl (C=O) groups is 1. The van der Waals surface area contributed by atoms with Gasteiger partial charge in [-0.25, -0.2) is 4.79 Å². The Kier molecular flexibility index (Phi) is 2.31. The van der Waals surface area contributed by atoms with E-state index in [2.05, 4.69) is 14.9 Å². The molecule has 0 amide bonds. The predicted octanol–water partition coefficient (Wildman–Crippen LogP) is 1.78. The van der Waals surface area contributed by atoms with Gasteiger partial charge in [-0.1, -0.05) is 6.42 Å². The van der Waals surface area contributed by atoms with Crippen LogP contribution in [0.15, 0.2) is 18.3 Å². The fourth-order valence-corrected chi connectivity index (χ4v) is 2.10. The first kappa shape index (κ1) is 10.3. The molecule has 1 aliphatic carbocycles. The van der Waals surface area contributed by atoms with Crippen LogP contribution in [0.4, 0.5) is 0 Å². The molecular formula is C12H13N3O2. The first-order chi connectivity index (χ1) is 8.29. The number of nitrogens with zero attached hydrogens (tertiary/aromatic N) is 3. The fraction of sp³-hybridized carbons (Fsp3) is 0.417. The normalized spacial score (nSPS) is 15.8. The van der Waals surface area contributed by atoms with E-state index in [0.717, 1.165) is 5.82 Å². The third kappa shape index (κ3) is 1.58. The van der Waals surface area contributed by atoms with Crippen LogP contribution in [0.3, 0.4) is 0 Å². The maximum atomic E-state index is 11.4. The third-order valence-corrected chi connectivity index (χ3v) is 3.33. The number of ether oxygens (including phenoxy) is 1. The molecule has 0 radical (unpaired) electrons. The molecular weight excluding hydrogens is 218 g/mol. The van der Waals surface area contributed by atoms with E-state index < -0.39 is 0 Å². The Bertz CT molecular complexity index is 572. The van der Waals surface area contributed by atoms with Crippen LogP contribution in [-0.2, 0) is 4.74 Å². The van der Waals surface area contributed by atoms with Crippen LogP contribution < -0.4 is 0 Å². The van der Waals surface area contributed by atoms with Crippen molar-refractivity contribution in [2.24, 2.45) is 0 Å². The van der Waals surface area contributed by atoms with Gasteiger partial charge in [-0.05, 0) is 25.0 Å². The van der Waals surface area contributed by atoms with Crippen molar-refractivity contribution in [3.05, 3.63) is 29.7 Å². The molecule has 0 aromatic carbocycles. The Morgan fingerprint density at radius 2 is 2.29 bits per heavy atom. The second-order valence-electron chi connectivity index (χ2n) is 4.32. The van der Waals surface area contributed by atoms with Crippen molar-refractivity contribution >= 4 is 11.6 Å². The van der Waals surface area contributed by atoms with Gasteiger partial charge in [0.25, 0.3) is 0 Å². The van der Waals surface area contributed by atoms with Gasteiger partial charge >= 0.3 is 5.97 Å². The van der Waals surface area contributed by atoms with E-state index in [0.29, 0.717) is 17.1 Å². The standard InChI is InChI=1S/C12H13N3O2/c1-17-12(16)9-5-6-15-10(7-9)13-14-11(15)8-3-2-4-8/h5-8H,2-4H2,1H3. The summed E-state index contributed by atoms with van der Waals surface area (Å²) in [6, 6.07) is 3.45. The van der Waals surface area contributed by atoms with Crippen LogP contribution in [0, 0.1) is 0 Å². The van der Waals surface area contributed by atoms with E-state index in [-0.39, 0.29) is 5.97 Å².